The molecule has 7 nitrogen and oxygen atoms in total. The van der Waals surface area contributed by atoms with Crippen molar-refractivity contribution in [2.24, 2.45) is 5.10 Å². The molecule has 7 heteroatoms. The average molecular weight is 438 g/mol. The maximum Gasteiger partial charge on any atom is 0.254 e. The average Bonchev–Trinajstić information content (AvgIpc) is 2.79. The molecule has 1 fully saturated rings. The summed E-state index contributed by atoms with van der Waals surface area (Å²) in [5.41, 5.74) is 6.72. The van der Waals surface area contributed by atoms with Crippen molar-refractivity contribution in [3.8, 4) is 5.75 Å². The number of benzene rings is 2. The smallest absolute Gasteiger partial charge is 0.254 e. The van der Waals surface area contributed by atoms with Gasteiger partial charge in [0.1, 0.15) is 5.75 Å². The van der Waals surface area contributed by atoms with Crippen molar-refractivity contribution in [1.82, 2.24) is 15.2 Å². The van der Waals surface area contributed by atoms with Crippen LogP contribution in [0.25, 0.3) is 0 Å². The summed E-state index contributed by atoms with van der Waals surface area (Å²) < 4.78 is 0. The number of aryl methyl sites for hydroxylation is 1. The van der Waals surface area contributed by atoms with Crippen LogP contribution in [0.15, 0.2) is 47.6 Å². The molecule has 2 N–H and O–H groups in total. The lowest BCUT2D eigenvalue weighted by Crippen LogP contribution is -2.48. The number of nitrogens with one attached hydrogen (secondary N) is 1. The van der Waals surface area contributed by atoms with Crippen molar-refractivity contribution < 1.29 is 9.90 Å². The van der Waals surface area contributed by atoms with Crippen LogP contribution in [-0.2, 0) is 11.3 Å². The number of amides is 1. The number of nitrogens with zero attached hydrogens (tertiary/aromatic N) is 4. The molecule has 0 aromatic heterocycles. The number of hydrogen-bond acceptors (Lipinski definition) is 6. The molecule has 2 aromatic carbocycles. The normalized spacial score (nSPS) is 15.2. The number of hydrogen-bond donors (Lipinski definition) is 2. The number of piperazine rings is 1. The number of anilines is 1. The van der Waals surface area contributed by atoms with Gasteiger partial charge >= 0.3 is 0 Å². The Morgan fingerprint density at radius 2 is 1.72 bits per heavy atom. The van der Waals surface area contributed by atoms with E-state index in [0.29, 0.717) is 12.1 Å². The SMILES string of the molecule is CCN(CC)c1ccc(/C=N/NC(=O)CN2CCN(Cc3ccc(C)cc3)CC2)c(O)c1. The lowest BCUT2D eigenvalue weighted by atomic mass is 10.1. The fourth-order valence-corrected chi connectivity index (χ4v) is 3.90. The summed E-state index contributed by atoms with van der Waals surface area (Å²) in [6.07, 6.45) is 1.48. The first kappa shape index (κ1) is 23.8. The Hall–Kier alpha value is -2.90. The molecule has 0 unspecified atom stereocenters. The highest BCUT2D eigenvalue weighted by Crippen LogP contribution is 2.23. The fourth-order valence-electron chi connectivity index (χ4n) is 3.90. The molecule has 0 atom stereocenters. The summed E-state index contributed by atoms with van der Waals surface area (Å²) in [5.74, 6) is 0.00424. The molecule has 0 aliphatic carbocycles. The summed E-state index contributed by atoms with van der Waals surface area (Å²) in [6, 6.07) is 14.2. The van der Waals surface area contributed by atoms with Crippen molar-refractivity contribution in [2.45, 2.75) is 27.3 Å². The number of rotatable bonds is 9. The molecular formula is C25H35N5O2. The van der Waals surface area contributed by atoms with Gasteiger partial charge in [-0.05, 0) is 38.5 Å². The highest BCUT2D eigenvalue weighted by Gasteiger charge is 2.19. The van der Waals surface area contributed by atoms with E-state index < -0.39 is 0 Å². The standard InChI is InChI=1S/C25H35N5O2/c1-4-30(5-2)23-11-10-22(24(31)16-23)17-26-27-25(32)19-29-14-12-28(13-15-29)18-21-8-6-20(3)7-9-21/h6-11,16-17,31H,4-5,12-15,18-19H2,1-3H3,(H,27,32)/b26-17+. The van der Waals surface area contributed by atoms with Gasteiger partial charge in [0.15, 0.2) is 0 Å². The third-order valence-corrected chi connectivity index (χ3v) is 5.89. The molecule has 1 amide bonds. The van der Waals surface area contributed by atoms with E-state index in [2.05, 4.69) is 70.3 Å². The van der Waals surface area contributed by atoms with Crippen LogP contribution < -0.4 is 10.3 Å². The van der Waals surface area contributed by atoms with Gasteiger partial charge in [0.2, 0.25) is 0 Å². The van der Waals surface area contributed by atoms with Crippen molar-refractivity contribution in [1.29, 1.82) is 0 Å². The second-order valence-corrected chi connectivity index (χ2v) is 8.25. The number of carbonyl (C=O) groups is 1. The first-order chi connectivity index (χ1) is 15.5. The first-order valence-electron chi connectivity index (χ1n) is 11.4. The van der Waals surface area contributed by atoms with E-state index in [1.165, 1.54) is 17.3 Å². The Balaban J connectivity index is 1.41. The Morgan fingerprint density at radius 3 is 2.34 bits per heavy atom. The van der Waals surface area contributed by atoms with Gasteiger partial charge in [-0.25, -0.2) is 5.43 Å². The first-order valence-corrected chi connectivity index (χ1v) is 11.4. The Labute approximate surface area is 191 Å². The van der Waals surface area contributed by atoms with E-state index in [0.717, 1.165) is 51.5 Å². The molecular weight excluding hydrogens is 402 g/mol. The van der Waals surface area contributed by atoms with Gasteiger partial charge in [-0.3, -0.25) is 14.6 Å². The predicted molar refractivity (Wildman–Crippen MR) is 130 cm³/mol. The molecule has 3 rings (SSSR count). The third-order valence-electron chi connectivity index (χ3n) is 5.89. The van der Waals surface area contributed by atoms with E-state index in [-0.39, 0.29) is 11.7 Å². The molecule has 2 aromatic rings. The molecule has 1 aliphatic heterocycles. The molecule has 0 bridgehead atoms. The number of hydrazone groups is 1. The minimum Gasteiger partial charge on any atom is -0.507 e. The zero-order chi connectivity index (χ0) is 22.9. The van der Waals surface area contributed by atoms with E-state index in [1.807, 2.05) is 12.1 Å². The van der Waals surface area contributed by atoms with Crippen molar-refractivity contribution in [2.75, 3.05) is 50.7 Å². The van der Waals surface area contributed by atoms with Crippen LogP contribution >= 0.6 is 0 Å². The summed E-state index contributed by atoms with van der Waals surface area (Å²) in [4.78, 5) is 19.0. The number of carbonyl (C=O) groups excluding carboxylic acids is 1. The molecule has 32 heavy (non-hydrogen) atoms. The molecule has 1 heterocycles. The van der Waals surface area contributed by atoms with Crippen molar-refractivity contribution >= 4 is 17.8 Å². The van der Waals surface area contributed by atoms with Gasteiger partial charge < -0.3 is 10.0 Å². The molecule has 1 aliphatic rings. The van der Waals surface area contributed by atoms with Gasteiger partial charge in [-0.15, -0.1) is 0 Å². The topological polar surface area (TPSA) is 71.4 Å². The van der Waals surface area contributed by atoms with Crippen LogP contribution in [0.3, 0.4) is 0 Å². The second kappa shape index (κ2) is 11.6. The quantitative estimate of drug-likeness (QED) is 0.466. The van der Waals surface area contributed by atoms with Gasteiger partial charge in [-0.1, -0.05) is 29.8 Å². The molecule has 0 radical (unpaired) electrons. The van der Waals surface area contributed by atoms with Gasteiger partial charge in [0.25, 0.3) is 5.91 Å². The van der Waals surface area contributed by atoms with Gasteiger partial charge in [-0.2, -0.15) is 5.10 Å². The highest BCUT2D eigenvalue weighted by atomic mass is 16.3. The van der Waals surface area contributed by atoms with Crippen LogP contribution in [0.5, 0.6) is 5.75 Å². The van der Waals surface area contributed by atoms with E-state index in [1.54, 1.807) is 6.07 Å². The summed E-state index contributed by atoms with van der Waals surface area (Å²) >= 11 is 0. The van der Waals surface area contributed by atoms with E-state index in [4.69, 9.17) is 0 Å². The second-order valence-electron chi connectivity index (χ2n) is 8.25. The monoisotopic (exact) mass is 437 g/mol. The zero-order valence-corrected chi connectivity index (χ0v) is 19.4. The number of phenolic OH excluding ortho intramolecular Hbond substituents is 1. The van der Waals surface area contributed by atoms with Crippen LogP contribution in [0.1, 0.15) is 30.5 Å². The van der Waals surface area contributed by atoms with Crippen molar-refractivity contribution in [3.05, 3.63) is 59.2 Å². The minimum atomic E-state index is -0.146. The third kappa shape index (κ3) is 6.80. The summed E-state index contributed by atoms with van der Waals surface area (Å²) in [6.45, 7) is 12.9. The maximum absolute atomic E-state index is 12.3. The number of aromatic hydroxyl groups is 1. The summed E-state index contributed by atoms with van der Waals surface area (Å²) in [7, 11) is 0. The lowest BCUT2D eigenvalue weighted by Gasteiger charge is -2.34. The molecule has 0 saturated carbocycles. The lowest BCUT2D eigenvalue weighted by molar-refractivity contribution is -0.122. The Bertz CT molecular complexity index is 901. The largest absolute Gasteiger partial charge is 0.507 e. The van der Waals surface area contributed by atoms with Crippen molar-refractivity contribution in [3.63, 3.8) is 0 Å². The van der Waals surface area contributed by atoms with Gasteiger partial charge in [0, 0.05) is 63.1 Å². The maximum atomic E-state index is 12.3. The molecule has 1 saturated heterocycles. The van der Waals surface area contributed by atoms with Gasteiger partial charge in [0.05, 0.1) is 12.8 Å². The van der Waals surface area contributed by atoms with Crippen LogP contribution in [0.2, 0.25) is 0 Å². The van der Waals surface area contributed by atoms with Crippen LogP contribution in [0.4, 0.5) is 5.69 Å². The van der Waals surface area contributed by atoms with Crippen LogP contribution in [0, 0.1) is 6.92 Å². The zero-order valence-electron chi connectivity index (χ0n) is 19.4. The Morgan fingerprint density at radius 1 is 1.06 bits per heavy atom. The highest BCUT2D eigenvalue weighted by molar-refractivity contribution is 5.86. The van der Waals surface area contributed by atoms with Crippen LogP contribution in [-0.4, -0.2) is 72.8 Å². The predicted octanol–water partition coefficient (Wildman–Crippen LogP) is 2.81. The van der Waals surface area contributed by atoms with E-state index >= 15 is 0 Å². The summed E-state index contributed by atoms with van der Waals surface area (Å²) in [5, 5.41) is 14.3. The minimum absolute atomic E-state index is 0.146. The fraction of sp³-hybridized carbons (Fsp3) is 0.440. The molecule has 0 spiro atoms. The number of phenols is 1. The Kier molecular flexibility index (Phi) is 8.64. The molecule has 172 valence electrons. The van der Waals surface area contributed by atoms with E-state index in [9.17, 15) is 9.90 Å².